The first-order chi connectivity index (χ1) is 10.6. The number of carbonyl (C=O) groups is 1. The van der Waals surface area contributed by atoms with E-state index in [-0.39, 0.29) is 16.7 Å². The molecule has 1 heterocycles. The lowest BCUT2D eigenvalue weighted by Crippen LogP contribution is -2.15. The Kier molecular flexibility index (Phi) is 6.17. The van der Waals surface area contributed by atoms with Gasteiger partial charge in [0.1, 0.15) is 12.1 Å². The summed E-state index contributed by atoms with van der Waals surface area (Å²) >= 11 is 7.10. The van der Waals surface area contributed by atoms with Crippen LogP contribution in [0.2, 0.25) is 5.02 Å². The number of methoxy groups -OCH3 is 1. The number of amides is 1. The molecule has 0 saturated carbocycles. The normalized spacial score (nSPS) is 10.7. The van der Waals surface area contributed by atoms with Gasteiger partial charge in [0.25, 0.3) is 0 Å². The van der Waals surface area contributed by atoms with E-state index in [9.17, 15) is 9.18 Å². The molecule has 0 fully saturated rings. The van der Waals surface area contributed by atoms with E-state index in [2.05, 4.69) is 15.5 Å². The van der Waals surface area contributed by atoms with Gasteiger partial charge in [-0.3, -0.25) is 4.79 Å². The molecular weight excluding hydrogens is 331 g/mol. The maximum atomic E-state index is 12.9. The summed E-state index contributed by atoms with van der Waals surface area (Å²) in [5, 5.41) is 11.1. The van der Waals surface area contributed by atoms with Crippen molar-refractivity contribution in [1.29, 1.82) is 0 Å². The van der Waals surface area contributed by atoms with E-state index >= 15 is 0 Å². The van der Waals surface area contributed by atoms with Crippen LogP contribution in [-0.4, -0.2) is 40.1 Å². The van der Waals surface area contributed by atoms with Crippen LogP contribution in [0, 0.1) is 5.82 Å². The third-order valence-corrected chi connectivity index (χ3v) is 3.95. The van der Waals surface area contributed by atoms with Crippen LogP contribution in [0.4, 0.5) is 10.1 Å². The zero-order chi connectivity index (χ0) is 15.9. The number of nitrogens with zero attached hydrogens (tertiary/aromatic N) is 3. The molecule has 0 bridgehead atoms. The first kappa shape index (κ1) is 16.7. The van der Waals surface area contributed by atoms with Gasteiger partial charge >= 0.3 is 0 Å². The van der Waals surface area contributed by atoms with Crippen LogP contribution < -0.4 is 5.32 Å². The van der Waals surface area contributed by atoms with Crippen LogP contribution >= 0.6 is 23.4 Å². The van der Waals surface area contributed by atoms with Gasteiger partial charge in [-0.2, -0.15) is 0 Å². The van der Waals surface area contributed by atoms with Crippen molar-refractivity contribution < 1.29 is 13.9 Å². The molecule has 22 heavy (non-hydrogen) atoms. The molecule has 118 valence electrons. The molecule has 1 aromatic heterocycles. The summed E-state index contributed by atoms with van der Waals surface area (Å²) in [5.74, 6) is -0.581. The standard InChI is InChI=1S/C13H14ClFN4O2S/c1-21-5-4-19-8-16-18-13(19)22-7-12(20)17-11-3-2-9(15)6-10(11)14/h2-3,6,8H,4-5,7H2,1H3,(H,17,20). The van der Waals surface area contributed by atoms with Gasteiger partial charge in [0.05, 0.1) is 23.1 Å². The summed E-state index contributed by atoms with van der Waals surface area (Å²) in [5.41, 5.74) is 0.370. The molecule has 6 nitrogen and oxygen atoms in total. The van der Waals surface area contributed by atoms with Gasteiger partial charge in [-0.15, -0.1) is 10.2 Å². The van der Waals surface area contributed by atoms with Gasteiger partial charge in [0.15, 0.2) is 5.16 Å². The lowest BCUT2D eigenvalue weighted by atomic mass is 10.3. The number of aromatic nitrogens is 3. The summed E-state index contributed by atoms with van der Waals surface area (Å²) in [6.07, 6.45) is 1.58. The topological polar surface area (TPSA) is 69.0 Å². The predicted molar refractivity (Wildman–Crippen MR) is 82.7 cm³/mol. The Labute approximate surface area is 136 Å². The van der Waals surface area contributed by atoms with Crippen LogP contribution in [0.5, 0.6) is 0 Å². The first-order valence-electron chi connectivity index (χ1n) is 6.34. The van der Waals surface area contributed by atoms with Gasteiger partial charge in [0.2, 0.25) is 5.91 Å². The van der Waals surface area contributed by atoms with Crippen LogP contribution in [-0.2, 0) is 16.1 Å². The Balaban J connectivity index is 1.89. The van der Waals surface area contributed by atoms with E-state index in [0.29, 0.717) is 24.0 Å². The SMILES string of the molecule is COCCn1cnnc1SCC(=O)Nc1ccc(F)cc1Cl. The second-order valence-corrected chi connectivity index (χ2v) is 5.61. The molecule has 0 unspecified atom stereocenters. The van der Waals surface area contributed by atoms with E-state index in [1.54, 1.807) is 18.0 Å². The molecular formula is C13H14ClFN4O2S. The van der Waals surface area contributed by atoms with E-state index in [1.165, 1.54) is 23.9 Å². The maximum Gasteiger partial charge on any atom is 0.234 e. The zero-order valence-corrected chi connectivity index (χ0v) is 13.3. The predicted octanol–water partition coefficient (Wildman–Crippen LogP) is 2.45. The minimum Gasteiger partial charge on any atom is -0.383 e. The smallest absolute Gasteiger partial charge is 0.234 e. The molecule has 0 aliphatic carbocycles. The third-order valence-electron chi connectivity index (χ3n) is 2.65. The number of anilines is 1. The van der Waals surface area contributed by atoms with Crippen LogP contribution in [0.15, 0.2) is 29.7 Å². The Morgan fingerprint density at radius 3 is 3.09 bits per heavy atom. The Bertz CT molecular complexity index is 653. The van der Waals surface area contributed by atoms with Crippen LogP contribution in [0.1, 0.15) is 0 Å². The quantitative estimate of drug-likeness (QED) is 0.781. The summed E-state index contributed by atoms with van der Waals surface area (Å²) in [6.45, 7) is 1.14. The van der Waals surface area contributed by atoms with Crippen molar-refractivity contribution in [2.75, 3.05) is 24.8 Å². The number of carbonyl (C=O) groups excluding carboxylic acids is 1. The fourth-order valence-electron chi connectivity index (χ4n) is 1.61. The molecule has 1 amide bonds. The molecule has 0 aliphatic rings. The number of thioether (sulfide) groups is 1. The van der Waals surface area contributed by atoms with E-state index in [4.69, 9.17) is 16.3 Å². The Hall–Kier alpha value is -1.64. The molecule has 0 aliphatic heterocycles. The molecule has 2 aromatic rings. The van der Waals surface area contributed by atoms with Crippen molar-refractivity contribution in [3.63, 3.8) is 0 Å². The van der Waals surface area contributed by atoms with Crippen LogP contribution in [0.3, 0.4) is 0 Å². The molecule has 0 radical (unpaired) electrons. The second-order valence-electron chi connectivity index (χ2n) is 4.26. The lowest BCUT2D eigenvalue weighted by Gasteiger charge is -2.08. The number of hydrogen-bond acceptors (Lipinski definition) is 5. The lowest BCUT2D eigenvalue weighted by molar-refractivity contribution is -0.113. The minimum absolute atomic E-state index is 0.138. The second kappa shape index (κ2) is 8.11. The van der Waals surface area contributed by atoms with Gasteiger partial charge in [0, 0.05) is 13.7 Å². The van der Waals surface area contributed by atoms with Crippen molar-refractivity contribution in [3.05, 3.63) is 35.4 Å². The fourth-order valence-corrected chi connectivity index (χ4v) is 2.56. The maximum absolute atomic E-state index is 12.9. The average Bonchev–Trinajstić information content (AvgIpc) is 2.93. The number of halogens is 2. The minimum atomic E-state index is -0.455. The number of rotatable bonds is 7. The number of nitrogens with one attached hydrogen (secondary N) is 1. The highest BCUT2D eigenvalue weighted by atomic mass is 35.5. The molecule has 0 saturated heterocycles. The number of hydrogen-bond donors (Lipinski definition) is 1. The Morgan fingerprint density at radius 2 is 2.36 bits per heavy atom. The van der Waals surface area contributed by atoms with Gasteiger partial charge in [-0.1, -0.05) is 23.4 Å². The Morgan fingerprint density at radius 1 is 1.55 bits per heavy atom. The molecule has 2 rings (SSSR count). The summed E-state index contributed by atoms with van der Waals surface area (Å²) in [4.78, 5) is 11.9. The van der Waals surface area contributed by atoms with Crippen molar-refractivity contribution >= 4 is 35.0 Å². The molecule has 9 heteroatoms. The monoisotopic (exact) mass is 344 g/mol. The summed E-state index contributed by atoms with van der Waals surface area (Å²) in [6, 6.07) is 3.79. The van der Waals surface area contributed by atoms with Crippen LogP contribution in [0.25, 0.3) is 0 Å². The highest BCUT2D eigenvalue weighted by molar-refractivity contribution is 7.99. The number of ether oxygens (including phenoxy) is 1. The van der Waals surface area contributed by atoms with Crippen molar-refractivity contribution in [2.24, 2.45) is 0 Å². The first-order valence-corrected chi connectivity index (χ1v) is 7.71. The molecule has 1 N–H and O–H groups in total. The van der Waals surface area contributed by atoms with Gasteiger partial charge < -0.3 is 14.6 Å². The van der Waals surface area contributed by atoms with E-state index in [0.717, 1.165) is 6.07 Å². The fraction of sp³-hybridized carbons (Fsp3) is 0.308. The summed E-state index contributed by atoms with van der Waals surface area (Å²) < 4.78 is 19.7. The third kappa shape index (κ3) is 4.69. The number of benzene rings is 1. The highest BCUT2D eigenvalue weighted by Crippen LogP contribution is 2.23. The van der Waals surface area contributed by atoms with Gasteiger partial charge in [-0.25, -0.2) is 4.39 Å². The van der Waals surface area contributed by atoms with Crippen molar-refractivity contribution in [1.82, 2.24) is 14.8 Å². The van der Waals surface area contributed by atoms with Crippen molar-refractivity contribution in [3.8, 4) is 0 Å². The molecule has 0 spiro atoms. The average molecular weight is 345 g/mol. The van der Waals surface area contributed by atoms with E-state index < -0.39 is 5.82 Å². The summed E-state index contributed by atoms with van der Waals surface area (Å²) in [7, 11) is 1.61. The highest BCUT2D eigenvalue weighted by Gasteiger charge is 2.10. The molecule has 1 aromatic carbocycles. The zero-order valence-electron chi connectivity index (χ0n) is 11.8. The molecule has 0 atom stereocenters. The van der Waals surface area contributed by atoms with Gasteiger partial charge in [-0.05, 0) is 18.2 Å². The van der Waals surface area contributed by atoms with E-state index in [1.807, 2.05) is 0 Å². The van der Waals surface area contributed by atoms with Crippen molar-refractivity contribution in [2.45, 2.75) is 11.7 Å². The largest absolute Gasteiger partial charge is 0.383 e.